The van der Waals surface area contributed by atoms with Gasteiger partial charge in [0.15, 0.2) is 0 Å². The third-order valence-electron chi connectivity index (χ3n) is 3.24. The van der Waals surface area contributed by atoms with Gasteiger partial charge in [0, 0.05) is 18.7 Å². The fourth-order valence-corrected chi connectivity index (χ4v) is 2.00. The van der Waals surface area contributed by atoms with Crippen LogP contribution in [0.25, 0.3) is 0 Å². The summed E-state index contributed by atoms with van der Waals surface area (Å²) in [5, 5.41) is 10.6. The van der Waals surface area contributed by atoms with Crippen LogP contribution >= 0.6 is 0 Å². The van der Waals surface area contributed by atoms with Gasteiger partial charge >= 0.3 is 0 Å². The van der Waals surface area contributed by atoms with Crippen molar-refractivity contribution >= 4 is 5.69 Å². The largest absolute Gasteiger partial charge is 0.491 e. The van der Waals surface area contributed by atoms with E-state index in [0.717, 1.165) is 0 Å². The van der Waals surface area contributed by atoms with E-state index in [1.165, 1.54) is 12.1 Å². The van der Waals surface area contributed by atoms with Crippen molar-refractivity contribution in [2.45, 2.75) is 0 Å². The Labute approximate surface area is 151 Å². The van der Waals surface area contributed by atoms with Crippen molar-refractivity contribution in [3.8, 4) is 17.2 Å². The van der Waals surface area contributed by atoms with Gasteiger partial charge in [0.05, 0.1) is 31.4 Å². The number of hydrogen-bond acceptors (Lipinski definition) is 7. The molecule has 2 aromatic carbocycles. The average Bonchev–Trinajstić information content (AvgIpc) is 2.65. The van der Waals surface area contributed by atoms with Gasteiger partial charge in [0.1, 0.15) is 23.9 Å². The number of hydrogen-bond donors (Lipinski definition) is 1. The van der Waals surface area contributed by atoms with Crippen molar-refractivity contribution in [1.82, 2.24) is 0 Å². The molecule has 0 atom stereocenters. The number of non-ortho nitro benzene ring substituents is 1. The maximum Gasteiger partial charge on any atom is 0.269 e. The molecule has 0 aromatic heterocycles. The first-order valence-electron chi connectivity index (χ1n) is 8.20. The lowest BCUT2D eigenvalue weighted by molar-refractivity contribution is -0.384. The molecule has 0 aliphatic heterocycles. The molecule has 0 heterocycles. The quantitative estimate of drug-likeness (QED) is 0.351. The van der Waals surface area contributed by atoms with Gasteiger partial charge < -0.3 is 24.7 Å². The zero-order chi connectivity index (χ0) is 18.6. The van der Waals surface area contributed by atoms with Gasteiger partial charge in [0.2, 0.25) is 0 Å². The molecule has 0 unspecified atom stereocenters. The summed E-state index contributed by atoms with van der Waals surface area (Å²) in [5.74, 6) is 1.83. The molecule has 0 aliphatic carbocycles. The van der Waals surface area contributed by atoms with Crippen LogP contribution < -0.4 is 15.2 Å². The summed E-state index contributed by atoms with van der Waals surface area (Å²) in [5.41, 5.74) is 5.33. The van der Waals surface area contributed by atoms with Crippen molar-refractivity contribution in [2.24, 2.45) is 5.73 Å². The van der Waals surface area contributed by atoms with Gasteiger partial charge in [-0.3, -0.25) is 10.1 Å². The van der Waals surface area contributed by atoms with E-state index >= 15 is 0 Å². The molecular weight excluding hydrogens is 340 g/mol. The number of nitro groups is 1. The number of benzene rings is 2. The molecule has 8 nitrogen and oxygen atoms in total. The fraction of sp³-hybridized carbons (Fsp3) is 0.333. The molecule has 0 bridgehead atoms. The van der Waals surface area contributed by atoms with Crippen LogP contribution in [0, 0.1) is 10.1 Å². The highest BCUT2D eigenvalue weighted by molar-refractivity contribution is 5.39. The Morgan fingerprint density at radius 2 is 1.27 bits per heavy atom. The van der Waals surface area contributed by atoms with Crippen LogP contribution in [-0.2, 0) is 9.47 Å². The van der Waals surface area contributed by atoms with Crippen molar-refractivity contribution in [2.75, 3.05) is 39.6 Å². The molecule has 0 saturated heterocycles. The highest BCUT2D eigenvalue weighted by Gasteiger charge is 2.05. The van der Waals surface area contributed by atoms with Crippen LogP contribution in [0.1, 0.15) is 0 Å². The zero-order valence-electron chi connectivity index (χ0n) is 14.3. The maximum absolute atomic E-state index is 10.6. The van der Waals surface area contributed by atoms with Gasteiger partial charge in [-0.15, -0.1) is 0 Å². The Morgan fingerprint density at radius 1 is 0.769 bits per heavy atom. The van der Waals surface area contributed by atoms with Crippen LogP contribution in [0.2, 0.25) is 0 Å². The molecule has 0 fully saturated rings. The topological polar surface area (TPSA) is 106 Å². The number of ether oxygens (including phenoxy) is 4. The fourth-order valence-electron chi connectivity index (χ4n) is 2.00. The van der Waals surface area contributed by atoms with Gasteiger partial charge in [0.25, 0.3) is 5.69 Å². The number of rotatable bonds is 12. The standard InChI is InChI=1S/C18H22N2O6/c19-9-10-23-11-12-24-13-14-25-16-5-7-18(8-6-16)26-17-3-1-15(2-4-17)20(21)22/h1-8H,9-14,19H2. The van der Waals surface area contributed by atoms with E-state index in [9.17, 15) is 10.1 Å². The highest BCUT2D eigenvalue weighted by atomic mass is 16.6. The van der Waals surface area contributed by atoms with E-state index in [4.69, 9.17) is 24.7 Å². The smallest absolute Gasteiger partial charge is 0.269 e. The third kappa shape index (κ3) is 7.06. The predicted molar refractivity (Wildman–Crippen MR) is 95.8 cm³/mol. The van der Waals surface area contributed by atoms with Gasteiger partial charge in [-0.25, -0.2) is 0 Å². The lowest BCUT2D eigenvalue weighted by Crippen LogP contribution is -2.14. The van der Waals surface area contributed by atoms with E-state index in [2.05, 4.69) is 0 Å². The minimum Gasteiger partial charge on any atom is -0.491 e. The Hall–Kier alpha value is -2.68. The third-order valence-corrected chi connectivity index (χ3v) is 3.24. The van der Waals surface area contributed by atoms with Crippen molar-refractivity contribution < 1.29 is 23.9 Å². The molecule has 2 aromatic rings. The number of nitro benzene ring substituents is 1. The normalized spacial score (nSPS) is 10.5. The van der Waals surface area contributed by atoms with E-state index in [-0.39, 0.29) is 5.69 Å². The second kappa shape index (κ2) is 11.0. The van der Waals surface area contributed by atoms with Crippen LogP contribution in [0.3, 0.4) is 0 Å². The molecule has 0 saturated carbocycles. The number of nitrogens with two attached hydrogens (primary N) is 1. The summed E-state index contributed by atoms with van der Waals surface area (Å²) < 4.78 is 21.8. The SMILES string of the molecule is NCCOCCOCCOc1ccc(Oc2ccc([N+](=O)[O-])cc2)cc1. The Kier molecular flexibility index (Phi) is 8.34. The van der Waals surface area contributed by atoms with Crippen LogP contribution in [-0.4, -0.2) is 44.5 Å². The Morgan fingerprint density at radius 3 is 1.85 bits per heavy atom. The van der Waals surface area contributed by atoms with Gasteiger partial charge in [-0.05, 0) is 36.4 Å². The van der Waals surface area contributed by atoms with Crippen molar-refractivity contribution in [3.63, 3.8) is 0 Å². The molecular formula is C18H22N2O6. The number of nitrogens with zero attached hydrogens (tertiary/aromatic N) is 1. The van der Waals surface area contributed by atoms with Crippen LogP contribution in [0.5, 0.6) is 17.2 Å². The minimum absolute atomic E-state index is 0.0225. The van der Waals surface area contributed by atoms with E-state index in [1.807, 2.05) is 0 Å². The summed E-state index contributed by atoms with van der Waals surface area (Å²) in [6.45, 7) is 2.96. The lowest BCUT2D eigenvalue weighted by atomic mass is 10.3. The Bertz CT molecular complexity index is 660. The first kappa shape index (κ1) is 19.6. The highest BCUT2D eigenvalue weighted by Crippen LogP contribution is 2.25. The molecule has 0 radical (unpaired) electrons. The molecule has 0 amide bonds. The monoisotopic (exact) mass is 362 g/mol. The molecule has 140 valence electrons. The van der Waals surface area contributed by atoms with Gasteiger partial charge in [-0.2, -0.15) is 0 Å². The lowest BCUT2D eigenvalue weighted by Gasteiger charge is -2.09. The van der Waals surface area contributed by atoms with Crippen LogP contribution in [0.4, 0.5) is 5.69 Å². The Balaban J connectivity index is 1.68. The first-order valence-corrected chi connectivity index (χ1v) is 8.20. The van der Waals surface area contributed by atoms with Crippen molar-refractivity contribution in [3.05, 3.63) is 58.6 Å². The molecule has 0 spiro atoms. The summed E-state index contributed by atoms with van der Waals surface area (Å²) in [7, 11) is 0. The second-order valence-corrected chi connectivity index (χ2v) is 5.19. The summed E-state index contributed by atoms with van der Waals surface area (Å²) >= 11 is 0. The summed E-state index contributed by atoms with van der Waals surface area (Å²) in [6, 6.07) is 13.0. The van der Waals surface area contributed by atoms with E-state index in [1.54, 1.807) is 36.4 Å². The predicted octanol–water partition coefficient (Wildman–Crippen LogP) is 2.76. The molecule has 2 N–H and O–H groups in total. The maximum atomic E-state index is 10.6. The molecule has 2 rings (SSSR count). The van der Waals surface area contributed by atoms with Crippen LogP contribution in [0.15, 0.2) is 48.5 Å². The summed E-state index contributed by atoms with van der Waals surface area (Å²) in [6.07, 6.45) is 0. The molecule has 8 heteroatoms. The minimum atomic E-state index is -0.452. The van der Waals surface area contributed by atoms with E-state index in [0.29, 0.717) is 56.8 Å². The first-order chi connectivity index (χ1) is 12.7. The average molecular weight is 362 g/mol. The second-order valence-electron chi connectivity index (χ2n) is 5.19. The van der Waals surface area contributed by atoms with Gasteiger partial charge in [-0.1, -0.05) is 0 Å². The summed E-state index contributed by atoms with van der Waals surface area (Å²) in [4.78, 5) is 10.2. The molecule has 0 aliphatic rings. The van der Waals surface area contributed by atoms with E-state index < -0.39 is 4.92 Å². The molecule has 26 heavy (non-hydrogen) atoms. The zero-order valence-corrected chi connectivity index (χ0v) is 14.3. The van der Waals surface area contributed by atoms with Crippen molar-refractivity contribution in [1.29, 1.82) is 0 Å².